The lowest BCUT2D eigenvalue weighted by Crippen LogP contribution is -1.91. The van der Waals surface area contributed by atoms with Crippen molar-refractivity contribution >= 4 is 17.6 Å². The Balaban J connectivity index is 2.41. The van der Waals surface area contributed by atoms with Crippen LogP contribution in [0.1, 0.15) is 5.56 Å². The summed E-state index contributed by atoms with van der Waals surface area (Å²) >= 11 is 1.29. The Hall–Kier alpha value is -0.670. The summed E-state index contributed by atoms with van der Waals surface area (Å²) in [6.07, 6.45) is 1.14. The largest absolute Gasteiger partial charge is 0.384 e. The molecular weight excluding hydrogens is 156 g/mol. The van der Waals surface area contributed by atoms with E-state index in [-0.39, 0.29) is 0 Å². The molecule has 2 rings (SSSR count). The van der Waals surface area contributed by atoms with Crippen LogP contribution < -0.4 is 10.5 Å². The maximum atomic E-state index is 5.43. The second-order valence-corrected chi connectivity index (χ2v) is 3.32. The van der Waals surface area contributed by atoms with E-state index < -0.39 is 0 Å². The van der Waals surface area contributed by atoms with Gasteiger partial charge in [0.1, 0.15) is 0 Å². The molecule has 3 heteroatoms. The van der Waals surface area contributed by atoms with E-state index in [4.69, 9.17) is 5.14 Å². The Morgan fingerprint density at radius 3 is 3.18 bits per heavy atom. The van der Waals surface area contributed by atoms with E-state index in [9.17, 15) is 0 Å². The Morgan fingerprint density at radius 2 is 2.36 bits per heavy atom. The van der Waals surface area contributed by atoms with Crippen molar-refractivity contribution in [2.45, 2.75) is 11.3 Å². The lowest BCUT2D eigenvalue weighted by molar-refractivity contribution is 1.11. The molecule has 11 heavy (non-hydrogen) atoms. The van der Waals surface area contributed by atoms with Crippen LogP contribution >= 0.6 is 11.9 Å². The van der Waals surface area contributed by atoms with Crippen LogP contribution in [0.3, 0.4) is 0 Å². The maximum absolute atomic E-state index is 5.43. The number of hydrogen-bond acceptors (Lipinski definition) is 3. The van der Waals surface area contributed by atoms with Gasteiger partial charge in [-0.15, -0.1) is 0 Å². The van der Waals surface area contributed by atoms with Crippen molar-refractivity contribution in [3.63, 3.8) is 0 Å². The third-order valence-corrected chi connectivity index (χ3v) is 2.45. The molecule has 0 bridgehead atoms. The van der Waals surface area contributed by atoms with Crippen molar-refractivity contribution in [2.24, 2.45) is 5.14 Å². The number of anilines is 1. The lowest BCUT2D eigenvalue weighted by Gasteiger charge is -2.00. The van der Waals surface area contributed by atoms with Gasteiger partial charge in [-0.1, -0.05) is 6.07 Å². The normalized spacial score (nSPS) is 14.3. The molecular formula is C8H10N2S. The molecule has 0 amide bonds. The van der Waals surface area contributed by atoms with E-state index in [1.54, 1.807) is 0 Å². The number of nitrogens with two attached hydrogens (primary N) is 1. The van der Waals surface area contributed by atoms with E-state index in [1.807, 2.05) is 0 Å². The van der Waals surface area contributed by atoms with Gasteiger partial charge in [-0.3, -0.25) is 5.14 Å². The van der Waals surface area contributed by atoms with E-state index >= 15 is 0 Å². The third kappa shape index (κ3) is 1.21. The predicted molar refractivity (Wildman–Crippen MR) is 48.7 cm³/mol. The molecule has 0 fully saturated rings. The van der Waals surface area contributed by atoms with Crippen molar-refractivity contribution in [2.75, 3.05) is 11.9 Å². The summed E-state index contributed by atoms with van der Waals surface area (Å²) < 4.78 is 0. The highest BCUT2D eigenvalue weighted by Crippen LogP contribution is 2.25. The maximum Gasteiger partial charge on any atom is 0.0385 e. The molecule has 0 spiro atoms. The van der Waals surface area contributed by atoms with Crippen LogP contribution in [0, 0.1) is 0 Å². The fourth-order valence-corrected chi connectivity index (χ4v) is 1.68. The average molecular weight is 166 g/mol. The molecule has 3 N–H and O–H groups in total. The van der Waals surface area contributed by atoms with Crippen molar-refractivity contribution in [1.82, 2.24) is 0 Å². The van der Waals surface area contributed by atoms with Crippen molar-refractivity contribution < 1.29 is 0 Å². The highest BCUT2D eigenvalue weighted by Gasteiger charge is 2.08. The number of benzene rings is 1. The summed E-state index contributed by atoms with van der Waals surface area (Å²) in [4.78, 5) is 1.12. The van der Waals surface area contributed by atoms with Gasteiger partial charge in [0.25, 0.3) is 0 Å². The van der Waals surface area contributed by atoms with E-state index in [1.165, 1.54) is 23.2 Å². The SMILES string of the molecule is NSc1ccc2c(c1)NCC2. The van der Waals surface area contributed by atoms with Crippen LogP contribution in [0.5, 0.6) is 0 Å². The number of fused-ring (bicyclic) bond motifs is 1. The molecule has 0 unspecified atom stereocenters. The van der Waals surface area contributed by atoms with Gasteiger partial charge in [0.15, 0.2) is 0 Å². The molecule has 1 aliphatic rings. The van der Waals surface area contributed by atoms with E-state index in [2.05, 4.69) is 23.5 Å². The van der Waals surface area contributed by atoms with Gasteiger partial charge in [0.05, 0.1) is 0 Å². The van der Waals surface area contributed by atoms with Gasteiger partial charge >= 0.3 is 0 Å². The van der Waals surface area contributed by atoms with Crippen LogP contribution in [0.25, 0.3) is 0 Å². The topological polar surface area (TPSA) is 38.0 Å². The molecule has 58 valence electrons. The minimum Gasteiger partial charge on any atom is -0.384 e. The minimum atomic E-state index is 1.06. The second-order valence-electron chi connectivity index (χ2n) is 2.61. The van der Waals surface area contributed by atoms with E-state index in [0.717, 1.165) is 17.9 Å². The standard InChI is InChI=1S/C8H10N2S/c9-11-7-2-1-6-3-4-10-8(6)5-7/h1-2,5,10H,3-4,9H2. The molecule has 1 aromatic rings. The summed E-state index contributed by atoms with van der Waals surface area (Å²) in [6.45, 7) is 1.06. The quantitative estimate of drug-likeness (QED) is 0.623. The summed E-state index contributed by atoms with van der Waals surface area (Å²) in [7, 11) is 0. The predicted octanol–water partition coefficient (Wildman–Crippen LogP) is 1.62. The zero-order valence-corrected chi connectivity index (χ0v) is 6.95. The van der Waals surface area contributed by atoms with Gasteiger partial charge in [-0.2, -0.15) is 0 Å². The highest BCUT2D eigenvalue weighted by atomic mass is 32.2. The summed E-state index contributed by atoms with van der Waals surface area (Å²) in [5.41, 5.74) is 2.66. The Labute approximate surface area is 70.3 Å². The first kappa shape index (κ1) is 7.00. The van der Waals surface area contributed by atoms with Crippen LogP contribution in [-0.4, -0.2) is 6.54 Å². The first-order valence-electron chi connectivity index (χ1n) is 3.63. The van der Waals surface area contributed by atoms with Crippen LogP contribution in [-0.2, 0) is 6.42 Å². The fraction of sp³-hybridized carbons (Fsp3) is 0.250. The molecule has 0 aliphatic carbocycles. The number of hydrogen-bond donors (Lipinski definition) is 2. The van der Waals surface area contributed by atoms with Crippen LogP contribution in [0.2, 0.25) is 0 Å². The van der Waals surface area contributed by atoms with Gasteiger partial charge in [0, 0.05) is 17.1 Å². The average Bonchev–Trinajstić information content (AvgIpc) is 2.50. The second kappa shape index (κ2) is 2.75. The molecule has 1 heterocycles. The molecule has 0 saturated heterocycles. The molecule has 0 radical (unpaired) electrons. The number of nitrogens with one attached hydrogen (secondary N) is 1. The molecule has 1 aliphatic heterocycles. The van der Waals surface area contributed by atoms with Crippen LogP contribution in [0.4, 0.5) is 5.69 Å². The van der Waals surface area contributed by atoms with Gasteiger partial charge in [0.2, 0.25) is 0 Å². The Kier molecular flexibility index (Phi) is 1.75. The first-order valence-corrected chi connectivity index (χ1v) is 4.51. The Morgan fingerprint density at radius 1 is 1.45 bits per heavy atom. The molecule has 0 saturated carbocycles. The van der Waals surface area contributed by atoms with Crippen molar-refractivity contribution in [3.8, 4) is 0 Å². The first-order chi connectivity index (χ1) is 5.40. The molecule has 2 nitrogen and oxygen atoms in total. The van der Waals surface area contributed by atoms with Crippen LogP contribution in [0.15, 0.2) is 23.1 Å². The van der Waals surface area contributed by atoms with Crippen molar-refractivity contribution in [1.29, 1.82) is 0 Å². The minimum absolute atomic E-state index is 1.06. The smallest absolute Gasteiger partial charge is 0.0385 e. The van der Waals surface area contributed by atoms with Gasteiger partial charge < -0.3 is 5.32 Å². The molecule has 1 aromatic carbocycles. The zero-order chi connectivity index (χ0) is 7.68. The van der Waals surface area contributed by atoms with E-state index in [0.29, 0.717) is 0 Å². The highest BCUT2D eigenvalue weighted by molar-refractivity contribution is 7.97. The summed E-state index contributed by atoms with van der Waals surface area (Å²) in [5.74, 6) is 0. The third-order valence-electron chi connectivity index (χ3n) is 1.93. The Bertz CT molecular complexity index is 273. The fourth-order valence-electron chi connectivity index (χ4n) is 1.34. The summed E-state index contributed by atoms with van der Waals surface area (Å²) in [5, 5.41) is 8.74. The molecule has 0 atom stereocenters. The van der Waals surface area contributed by atoms with Gasteiger partial charge in [-0.05, 0) is 36.1 Å². The summed E-state index contributed by atoms with van der Waals surface area (Å²) in [6, 6.07) is 6.31. The lowest BCUT2D eigenvalue weighted by atomic mass is 10.2. The molecule has 0 aromatic heterocycles. The van der Waals surface area contributed by atoms with Crippen molar-refractivity contribution in [3.05, 3.63) is 23.8 Å². The zero-order valence-electron chi connectivity index (χ0n) is 6.13. The van der Waals surface area contributed by atoms with Gasteiger partial charge in [-0.25, -0.2) is 0 Å². The monoisotopic (exact) mass is 166 g/mol. The number of rotatable bonds is 1.